The summed E-state index contributed by atoms with van der Waals surface area (Å²) in [5.41, 5.74) is 2.85. The Kier molecular flexibility index (Phi) is 9.26. The predicted molar refractivity (Wildman–Crippen MR) is 88.4 cm³/mol. The van der Waals surface area contributed by atoms with Crippen LogP contribution in [-0.4, -0.2) is 12.6 Å². The van der Waals surface area contributed by atoms with E-state index in [1.54, 1.807) is 0 Å². The zero-order chi connectivity index (χ0) is 15.3. The Bertz CT molecular complexity index is 435. The first-order valence-corrected chi connectivity index (χ1v) is 8.11. The molecule has 0 radical (unpaired) electrons. The Morgan fingerprint density at radius 3 is 2.62 bits per heavy atom. The van der Waals surface area contributed by atoms with Gasteiger partial charge in [0.2, 0.25) is 0 Å². The maximum Gasteiger partial charge on any atom is 0.305 e. The van der Waals surface area contributed by atoms with Crippen molar-refractivity contribution in [2.45, 2.75) is 58.8 Å². The van der Waals surface area contributed by atoms with Gasteiger partial charge in [0.25, 0.3) is 0 Å². The van der Waals surface area contributed by atoms with Gasteiger partial charge in [0, 0.05) is 6.42 Å². The van der Waals surface area contributed by atoms with Gasteiger partial charge in [0.15, 0.2) is 0 Å². The zero-order valence-electron chi connectivity index (χ0n) is 13.4. The molecule has 2 nitrogen and oxygen atoms in total. The summed E-state index contributed by atoms with van der Waals surface area (Å²) in [6, 6.07) is 8.63. The molecule has 0 heterocycles. The van der Waals surface area contributed by atoms with Crippen molar-refractivity contribution < 1.29 is 9.53 Å². The molecule has 1 rings (SSSR count). The maximum absolute atomic E-state index is 11.4. The molecule has 0 atom stereocenters. The molecule has 1 aromatic carbocycles. The molecule has 21 heavy (non-hydrogen) atoms. The van der Waals surface area contributed by atoms with Crippen LogP contribution < -0.4 is 0 Å². The fraction of sp³-hybridized carbons (Fsp3) is 0.526. The number of aryl methyl sites for hydroxylation is 1. The molecule has 0 aromatic heterocycles. The van der Waals surface area contributed by atoms with E-state index in [4.69, 9.17) is 4.74 Å². The molecule has 116 valence electrons. The predicted octanol–water partition coefficient (Wildman–Crippen LogP) is 4.86. The number of rotatable bonds is 10. The minimum Gasteiger partial charge on any atom is -0.466 e. The van der Waals surface area contributed by atoms with Gasteiger partial charge >= 0.3 is 5.97 Å². The van der Waals surface area contributed by atoms with Gasteiger partial charge in [-0.3, -0.25) is 4.79 Å². The third-order valence-corrected chi connectivity index (χ3v) is 3.49. The highest BCUT2D eigenvalue weighted by atomic mass is 16.5. The van der Waals surface area contributed by atoms with Crippen molar-refractivity contribution in [3.05, 3.63) is 47.5 Å². The fourth-order valence-electron chi connectivity index (χ4n) is 2.29. The van der Waals surface area contributed by atoms with Crippen molar-refractivity contribution in [1.82, 2.24) is 0 Å². The van der Waals surface area contributed by atoms with Gasteiger partial charge in [-0.15, -0.1) is 0 Å². The van der Waals surface area contributed by atoms with Crippen molar-refractivity contribution in [2.24, 2.45) is 0 Å². The second kappa shape index (κ2) is 11.1. The van der Waals surface area contributed by atoms with Crippen LogP contribution in [0, 0.1) is 0 Å². The molecule has 0 amide bonds. The van der Waals surface area contributed by atoms with E-state index in [2.05, 4.69) is 43.3 Å². The lowest BCUT2D eigenvalue weighted by atomic mass is 9.99. The number of carbonyl (C=O) groups is 1. The normalized spacial score (nSPS) is 11.0. The average molecular weight is 288 g/mol. The topological polar surface area (TPSA) is 26.3 Å². The zero-order valence-corrected chi connectivity index (χ0v) is 13.4. The lowest BCUT2D eigenvalue weighted by Gasteiger charge is -2.08. The van der Waals surface area contributed by atoms with Gasteiger partial charge < -0.3 is 4.74 Å². The number of esters is 1. The summed E-state index contributed by atoms with van der Waals surface area (Å²) in [6.45, 7) is 4.62. The first-order chi connectivity index (χ1) is 10.3. The van der Waals surface area contributed by atoms with Crippen LogP contribution in [-0.2, 0) is 22.4 Å². The number of benzene rings is 1. The Balaban J connectivity index is 2.25. The molecule has 0 N–H and O–H groups in total. The standard InChI is InChI=1S/C19H28O2/c1-3-5-11-17-13-9-10-14-18(17)12-7-6-8-15-19(20)21-16-4-2/h3,5,9-10,13-14H,4,6-8,11-12,15-16H2,1-2H3/b5-3-. The fourth-order valence-corrected chi connectivity index (χ4v) is 2.29. The second-order valence-electron chi connectivity index (χ2n) is 5.32. The van der Waals surface area contributed by atoms with E-state index < -0.39 is 0 Å². The number of allylic oxidation sites excluding steroid dienone is 2. The van der Waals surface area contributed by atoms with Crippen molar-refractivity contribution in [2.75, 3.05) is 6.61 Å². The monoisotopic (exact) mass is 288 g/mol. The van der Waals surface area contributed by atoms with E-state index in [9.17, 15) is 4.79 Å². The largest absolute Gasteiger partial charge is 0.466 e. The van der Waals surface area contributed by atoms with Gasteiger partial charge in [0.05, 0.1) is 6.61 Å². The molecule has 0 aliphatic rings. The molecule has 0 saturated carbocycles. The maximum atomic E-state index is 11.4. The minimum absolute atomic E-state index is 0.0506. The van der Waals surface area contributed by atoms with Crippen LogP contribution in [0.2, 0.25) is 0 Å². The van der Waals surface area contributed by atoms with E-state index in [-0.39, 0.29) is 5.97 Å². The van der Waals surface area contributed by atoms with Gasteiger partial charge in [-0.05, 0) is 50.2 Å². The van der Waals surface area contributed by atoms with Gasteiger partial charge in [-0.25, -0.2) is 0 Å². The summed E-state index contributed by atoms with van der Waals surface area (Å²) >= 11 is 0. The Morgan fingerprint density at radius 1 is 1.14 bits per heavy atom. The molecule has 0 aliphatic carbocycles. The van der Waals surface area contributed by atoms with Crippen LogP contribution in [0.5, 0.6) is 0 Å². The van der Waals surface area contributed by atoms with Crippen LogP contribution in [0.4, 0.5) is 0 Å². The van der Waals surface area contributed by atoms with Gasteiger partial charge in [0.1, 0.15) is 0 Å². The highest BCUT2D eigenvalue weighted by Gasteiger charge is 2.03. The van der Waals surface area contributed by atoms with Crippen LogP contribution in [0.3, 0.4) is 0 Å². The number of carbonyl (C=O) groups excluding carboxylic acids is 1. The third-order valence-electron chi connectivity index (χ3n) is 3.49. The summed E-state index contributed by atoms with van der Waals surface area (Å²) in [4.78, 5) is 11.4. The van der Waals surface area contributed by atoms with E-state index in [1.807, 2.05) is 6.92 Å². The molecule has 2 heteroatoms. The van der Waals surface area contributed by atoms with E-state index in [1.165, 1.54) is 11.1 Å². The summed E-state index contributed by atoms with van der Waals surface area (Å²) in [6.07, 6.45) is 11.0. The summed E-state index contributed by atoms with van der Waals surface area (Å²) in [5, 5.41) is 0. The lowest BCUT2D eigenvalue weighted by Crippen LogP contribution is -2.04. The van der Waals surface area contributed by atoms with Gasteiger partial charge in [-0.1, -0.05) is 49.8 Å². The quantitative estimate of drug-likeness (QED) is 0.349. The Hall–Kier alpha value is -1.57. The molecule has 0 saturated heterocycles. The second-order valence-corrected chi connectivity index (χ2v) is 5.32. The van der Waals surface area contributed by atoms with Crippen LogP contribution >= 0.6 is 0 Å². The third kappa shape index (κ3) is 7.69. The number of unbranched alkanes of at least 4 members (excludes halogenated alkanes) is 2. The molecule has 0 bridgehead atoms. The number of ether oxygens (including phenoxy) is 1. The number of hydrogen-bond donors (Lipinski definition) is 0. The van der Waals surface area contributed by atoms with Crippen LogP contribution in [0.25, 0.3) is 0 Å². The molecule has 0 spiro atoms. The van der Waals surface area contributed by atoms with Crippen molar-refractivity contribution in [1.29, 1.82) is 0 Å². The van der Waals surface area contributed by atoms with E-state index in [0.29, 0.717) is 13.0 Å². The van der Waals surface area contributed by atoms with E-state index in [0.717, 1.165) is 38.5 Å². The van der Waals surface area contributed by atoms with Crippen molar-refractivity contribution >= 4 is 5.97 Å². The first-order valence-electron chi connectivity index (χ1n) is 8.11. The van der Waals surface area contributed by atoms with E-state index >= 15 is 0 Å². The Labute approximate surface area is 129 Å². The number of hydrogen-bond acceptors (Lipinski definition) is 2. The highest BCUT2D eigenvalue weighted by Crippen LogP contribution is 2.14. The van der Waals surface area contributed by atoms with Crippen molar-refractivity contribution in [3.63, 3.8) is 0 Å². The highest BCUT2D eigenvalue weighted by molar-refractivity contribution is 5.69. The smallest absolute Gasteiger partial charge is 0.305 e. The summed E-state index contributed by atoms with van der Waals surface area (Å²) in [7, 11) is 0. The SMILES string of the molecule is C/C=C\Cc1ccccc1CCCCCC(=O)OCCC. The van der Waals surface area contributed by atoms with Crippen LogP contribution in [0.1, 0.15) is 57.1 Å². The first kappa shape index (κ1) is 17.5. The molecule has 0 fully saturated rings. The van der Waals surface area contributed by atoms with Crippen molar-refractivity contribution in [3.8, 4) is 0 Å². The summed E-state index contributed by atoms with van der Waals surface area (Å²) in [5.74, 6) is -0.0506. The average Bonchev–Trinajstić information content (AvgIpc) is 2.51. The lowest BCUT2D eigenvalue weighted by molar-refractivity contribution is -0.143. The molecule has 0 aliphatic heterocycles. The van der Waals surface area contributed by atoms with Crippen LogP contribution in [0.15, 0.2) is 36.4 Å². The Morgan fingerprint density at radius 2 is 1.90 bits per heavy atom. The summed E-state index contributed by atoms with van der Waals surface area (Å²) < 4.78 is 5.07. The molecular formula is C19H28O2. The molecular weight excluding hydrogens is 260 g/mol. The molecule has 1 aromatic rings. The molecule has 0 unspecified atom stereocenters. The minimum atomic E-state index is -0.0506. The van der Waals surface area contributed by atoms with Gasteiger partial charge in [-0.2, -0.15) is 0 Å².